The molecule has 0 saturated heterocycles. The standard InChI is InChI=1S/C22H23N7S/c1-3-5-6-15(4-2)9-18(11-24)26-20-14-30-22(29-28-20)19-8-7-16-12-25-13-17(10-23)21(16)27-19/h3-8,12-13,18H,1,9,11,14,24H2,2H3,(H,26,28)/b6-5-,15-4+. The molecule has 1 atom stereocenters. The van der Waals surface area contributed by atoms with Crippen LogP contribution in [0.15, 0.2) is 71.1 Å². The van der Waals surface area contributed by atoms with E-state index in [-0.39, 0.29) is 6.04 Å². The number of fused-ring (bicyclic) bond motifs is 1. The lowest BCUT2D eigenvalue weighted by Gasteiger charge is -2.18. The van der Waals surface area contributed by atoms with E-state index in [1.54, 1.807) is 24.0 Å². The number of hydrogen-bond acceptors (Lipinski definition) is 7. The quantitative estimate of drug-likeness (QED) is 0.669. The molecule has 2 aromatic rings. The van der Waals surface area contributed by atoms with E-state index in [2.05, 4.69) is 39.2 Å². The van der Waals surface area contributed by atoms with Crippen molar-refractivity contribution in [3.05, 3.63) is 72.2 Å². The number of nitrogens with one attached hydrogen (secondary N) is 1. The lowest BCUT2D eigenvalue weighted by atomic mass is 10.1. The highest BCUT2D eigenvalue weighted by atomic mass is 32.2. The van der Waals surface area contributed by atoms with Crippen LogP contribution in [-0.4, -0.2) is 39.2 Å². The Labute approximate surface area is 180 Å². The van der Waals surface area contributed by atoms with Crippen LogP contribution in [0.2, 0.25) is 0 Å². The third kappa shape index (κ3) is 5.20. The largest absolute Gasteiger partial charge is 0.328 e. The Bertz CT molecular complexity index is 1090. The zero-order valence-corrected chi connectivity index (χ0v) is 17.6. The molecule has 3 rings (SSSR count). The van der Waals surface area contributed by atoms with Gasteiger partial charge in [0.25, 0.3) is 0 Å². The van der Waals surface area contributed by atoms with E-state index in [4.69, 9.17) is 10.7 Å². The first-order valence-corrected chi connectivity index (χ1v) is 10.5. The summed E-state index contributed by atoms with van der Waals surface area (Å²) in [5.41, 5.74) is 11.9. The molecule has 1 aliphatic heterocycles. The number of aromatic nitrogens is 2. The van der Waals surface area contributed by atoms with Crippen LogP contribution in [0.5, 0.6) is 0 Å². The predicted molar refractivity (Wildman–Crippen MR) is 124 cm³/mol. The van der Waals surface area contributed by atoms with E-state index < -0.39 is 0 Å². The molecule has 152 valence electrons. The maximum atomic E-state index is 9.29. The van der Waals surface area contributed by atoms with E-state index in [9.17, 15) is 5.26 Å². The van der Waals surface area contributed by atoms with Crippen LogP contribution in [-0.2, 0) is 0 Å². The van der Waals surface area contributed by atoms with Crippen LogP contribution in [0.25, 0.3) is 10.9 Å². The van der Waals surface area contributed by atoms with Crippen LogP contribution in [0.1, 0.15) is 24.6 Å². The van der Waals surface area contributed by atoms with Crippen molar-refractivity contribution in [2.24, 2.45) is 15.8 Å². The number of hydrogen-bond donors (Lipinski definition) is 2. The fourth-order valence-electron chi connectivity index (χ4n) is 2.91. The second-order valence-electron chi connectivity index (χ2n) is 6.51. The van der Waals surface area contributed by atoms with Crippen molar-refractivity contribution in [3.63, 3.8) is 0 Å². The number of aliphatic imine (C=N–C) groups is 1. The maximum absolute atomic E-state index is 9.29. The third-order valence-corrected chi connectivity index (χ3v) is 5.46. The van der Waals surface area contributed by atoms with Crippen LogP contribution in [0.3, 0.4) is 0 Å². The Morgan fingerprint density at radius 1 is 1.47 bits per heavy atom. The fraction of sp³-hybridized carbons (Fsp3) is 0.227. The fourth-order valence-corrected chi connectivity index (χ4v) is 3.69. The van der Waals surface area contributed by atoms with Gasteiger partial charge < -0.3 is 5.73 Å². The maximum Gasteiger partial charge on any atom is 0.143 e. The summed E-state index contributed by atoms with van der Waals surface area (Å²) in [6.07, 6.45) is 11.7. The van der Waals surface area contributed by atoms with Crippen molar-refractivity contribution in [2.75, 3.05) is 12.3 Å². The van der Waals surface area contributed by atoms with Gasteiger partial charge in [0.1, 0.15) is 16.9 Å². The summed E-state index contributed by atoms with van der Waals surface area (Å²) in [7, 11) is 0. The van der Waals surface area contributed by atoms with Gasteiger partial charge in [0.05, 0.1) is 28.6 Å². The molecule has 7 nitrogen and oxygen atoms in total. The molecule has 0 spiro atoms. The first-order valence-electron chi connectivity index (χ1n) is 9.51. The Morgan fingerprint density at radius 2 is 2.33 bits per heavy atom. The summed E-state index contributed by atoms with van der Waals surface area (Å²) in [6.45, 7) is 6.15. The normalized spacial score (nSPS) is 16.9. The number of nitriles is 1. The molecule has 0 bridgehead atoms. The van der Waals surface area contributed by atoms with Crippen LogP contribution in [0.4, 0.5) is 0 Å². The Hall–Kier alpha value is -3.28. The van der Waals surface area contributed by atoms with Crippen LogP contribution in [0, 0.1) is 11.3 Å². The highest BCUT2D eigenvalue weighted by Gasteiger charge is 2.17. The van der Waals surface area contributed by atoms with Crippen molar-refractivity contribution < 1.29 is 0 Å². The molecule has 8 heteroatoms. The topological polar surface area (TPSA) is 112 Å². The summed E-state index contributed by atoms with van der Waals surface area (Å²) in [4.78, 5) is 13.4. The monoisotopic (exact) mass is 417 g/mol. The second kappa shape index (κ2) is 10.5. The summed E-state index contributed by atoms with van der Waals surface area (Å²) in [5.74, 6) is 1.43. The van der Waals surface area contributed by atoms with Gasteiger partial charge in [-0.3, -0.25) is 15.4 Å². The first kappa shape index (κ1) is 21.4. The summed E-state index contributed by atoms with van der Waals surface area (Å²) in [6, 6.07) is 5.89. The molecule has 3 N–H and O–H groups in total. The van der Waals surface area contributed by atoms with Crippen molar-refractivity contribution in [2.45, 2.75) is 19.4 Å². The molecule has 0 amide bonds. The second-order valence-corrected chi connectivity index (χ2v) is 7.48. The molecule has 30 heavy (non-hydrogen) atoms. The van der Waals surface area contributed by atoms with Gasteiger partial charge in [-0.15, -0.1) is 0 Å². The Morgan fingerprint density at radius 3 is 3.00 bits per heavy atom. The number of allylic oxidation sites excluding steroid dienone is 4. The molecule has 0 saturated carbocycles. The van der Waals surface area contributed by atoms with Crippen LogP contribution >= 0.6 is 11.8 Å². The average Bonchev–Trinajstić information content (AvgIpc) is 2.80. The van der Waals surface area contributed by atoms with E-state index in [1.807, 2.05) is 31.2 Å². The Balaban J connectivity index is 1.75. The van der Waals surface area contributed by atoms with Crippen molar-refractivity contribution in [3.8, 4) is 6.07 Å². The van der Waals surface area contributed by atoms with E-state index in [0.29, 0.717) is 29.1 Å². The van der Waals surface area contributed by atoms with Gasteiger partial charge in [0.15, 0.2) is 0 Å². The zero-order chi connectivity index (χ0) is 21.3. The van der Waals surface area contributed by atoms with Crippen molar-refractivity contribution in [1.82, 2.24) is 15.4 Å². The minimum Gasteiger partial charge on any atom is -0.328 e. The minimum atomic E-state index is -0.0324. The summed E-state index contributed by atoms with van der Waals surface area (Å²) < 4.78 is 0. The highest BCUT2D eigenvalue weighted by Crippen LogP contribution is 2.21. The summed E-state index contributed by atoms with van der Waals surface area (Å²) >= 11 is 1.55. The minimum absolute atomic E-state index is 0.0324. The van der Waals surface area contributed by atoms with Gasteiger partial charge in [-0.25, -0.2) is 4.98 Å². The molecule has 1 aliphatic rings. The number of pyridine rings is 2. The number of hydrazone groups is 1. The third-order valence-electron chi connectivity index (χ3n) is 4.47. The molecular formula is C22H23N7S. The van der Waals surface area contributed by atoms with Gasteiger partial charge in [0, 0.05) is 24.3 Å². The molecule has 1 unspecified atom stereocenters. The van der Waals surface area contributed by atoms with Crippen LogP contribution < -0.4 is 11.2 Å². The van der Waals surface area contributed by atoms with Gasteiger partial charge in [-0.1, -0.05) is 48.2 Å². The number of rotatable bonds is 7. The number of nitrogens with two attached hydrogens (primary N) is 1. The van der Waals surface area contributed by atoms with Crippen molar-refractivity contribution in [1.29, 1.82) is 5.26 Å². The van der Waals surface area contributed by atoms with E-state index in [1.165, 1.54) is 6.20 Å². The average molecular weight is 418 g/mol. The highest BCUT2D eigenvalue weighted by molar-refractivity contribution is 8.15. The molecular weight excluding hydrogens is 394 g/mol. The first-order chi connectivity index (χ1) is 14.7. The zero-order valence-electron chi connectivity index (χ0n) is 16.7. The number of nitrogens with zero attached hydrogens (tertiary/aromatic N) is 5. The van der Waals surface area contributed by atoms with Gasteiger partial charge in [-0.2, -0.15) is 10.4 Å². The SMILES string of the molecule is C=C/C=C\C(=C/C)CC(CN)N=C1CSC(c2ccc3cncc(C#N)c3n2)=NN1. The van der Waals surface area contributed by atoms with Gasteiger partial charge in [0.2, 0.25) is 0 Å². The Kier molecular flexibility index (Phi) is 7.49. The molecule has 0 fully saturated rings. The molecule has 0 radical (unpaired) electrons. The number of thioether (sulfide) groups is 1. The number of amidine groups is 1. The molecule has 2 aromatic heterocycles. The van der Waals surface area contributed by atoms with Gasteiger partial charge in [-0.05, 0) is 25.5 Å². The predicted octanol–water partition coefficient (Wildman–Crippen LogP) is 3.30. The lowest BCUT2D eigenvalue weighted by molar-refractivity contribution is 0.677. The van der Waals surface area contributed by atoms with E-state index >= 15 is 0 Å². The van der Waals surface area contributed by atoms with Crippen molar-refractivity contribution >= 4 is 33.5 Å². The lowest BCUT2D eigenvalue weighted by Crippen LogP contribution is -2.31. The molecule has 3 heterocycles. The van der Waals surface area contributed by atoms with Gasteiger partial charge >= 0.3 is 0 Å². The molecule has 0 aromatic carbocycles. The smallest absolute Gasteiger partial charge is 0.143 e. The molecule has 0 aliphatic carbocycles. The van der Waals surface area contributed by atoms with E-state index in [0.717, 1.165) is 28.3 Å². The summed E-state index contributed by atoms with van der Waals surface area (Å²) in [5, 5.41) is 15.3.